The summed E-state index contributed by atoms with van der Waals surface area (Å²) in [5, 5.41) is 4.21. The highest BCUT2D eigenvalue weighted by Gasteiger charge is 2.21. The Hall–Kier alpha value is -0.740. The molecule has 0 saturated carbocycles. The predicted octanol–water partition coefficient (Wildman–Crippen LogP) is 2.95. The molecule has 1 aliphatic heterocycles. The van der Waals surface area contributed by atoms with Gasteiger partial charge in [0.05, 0.1) is 12.5 Å². The van der Waals surface area contributed by atoms with Crippen LogP contribution in [0.15, 0.2) is 18.2 Å². The van der Waals surface area contributed by atoms with Crippen molar-refractivity contribution in [2.45, 2.75) is 24.0 Å². The molecule has 2 rings (SSSR count). The van der Waals surface area contributed by atoms with E-state index in [1.54, 1.807) is 12.1 Å². The zero-order valence-electron chi connectivity index (χ0n) is 9.50. The van der Waals surface area contributed by atoms with Gasteiger partial charge in [-0.3, -0.25) is 0 Å². The number of rotatable bonds is 2. The molecule has 0 aliphatic carbocycles. The van der Waals surface area contributed by atoms with E-state index in [9.17, 15) is 4.39 Å². The second kappa shape index (κ2) is 5.06. The molecule has 2 atom stereocenters. The van der Waals surface area contributed by atoms with E-state index in [1.165, 1.54) is 13.5 Å². The minimum absolute atomic E-state index is 0.198. The Kier molecular flexibility index (Phi) is 3.71. The maximum Gasteiger partial charge on any atom is 0.165 e. The fourth-order valence-electron chi connectivity index (χ4n) is 1.81. The normalized spacial score (nSPS) is 25.4. The number of ether oxygens (including phenoxy) is 1. The number of halogens is 1. The predicted molar refractivity (Wildman–Crippen MR) is 65.4 cm³/mol. The topological polar surface area (TPSA) is 21.3 Å². The van der Waals surface area contributed by atoms with E-state index in [0.29, 0.717) is 11.0 Å². The summed E-state index contributed by atoms with van der Waals surface area (Å²) in [4.78, 5) is 0. The lowest BCUT2D eigenvalue weighted by molar-refractivity contribution is 0.386. The quantitative estimate of drug-likeness (QED) is 0.860. The van der Waals surface area contributed by atoms with Crippen molar-refractivity contribution >= 4 is 11.8 Å². The molecule has 4 heteroatoms. The monoisotopic (exact) mass is 241 g/mol. The van der Waals surface area contributed by atoms with Gasteiger partial charge >= 0.3 is 0 Å². The summed E-state index contributed by atoms with van der Waals surface area (Å²) in [5.74, 6) is 0.0123. The Labute approximate surface area is 99.6 Å². The second-order valence-corrected chi connectivity index (χ2v) is 5.51. The number of thioether (sulfide) groups is 1. The fraction of sp³-hybridized carbons (Fsp3) is 0.500. The molecule has 1 N–H and O–H groups in total. The van der Waals surface area contributed by atoms with Crippen molar-refractivity contribution < 1.29 is 9.13 Å². The third-order valence-electron chi connectivity index (χ3n) is 2.73. The Bertz CT molecular complexity index is 372. The van der Waals surface area contributed by atoms with Crippen LogP contribution >= 0.6 is 11.8 Å². The molecule has 0 radical (unpaired) electrons. The summed E-state index contributed by atoms with van der Waals surface area (Å²) >= 11 is 1.84. The van der Waals surface area contributed by atoms with Crippen LogP contribution in [0.25, 0.3) is 0 Å². The van der Waals surface area contributed by atoms with Crippen LogP contribution in [0.4, 0.5) is 4.39 Å². The molecular weight excluding hydrogens is 225 g/mol. The molecule has 2 nitrogen and oxygen atoms in total. The first-order valence-electron chi connectivity index (χ1n) is 5.43. The first-order valence-corrected chi connectivity index (χ1v) is 6.37. The highest BCUT2D eigenvalue weighted by Crippen LogP contribution is 2.35. The summed E-state index contributed by atoms with van der Waals surface area (Å²) in [7, 11) is 1.48. The van der Waals surface area contributed by atoms with Crippen molar-refractivity contribution in [3.05, 3.63) is 29.6 Å². The first kappa shape index (κ1) is 11.7. The molecule has 1 fully saturated rings. The Morgan fingerprint density at radius 3 is 2.94 bits per heavy atom. The van der Waals surface area contributed by atoms with E-state index in [4.69, 9.17) is 4.74 Å². The molecule has 2 unspecified atom stereocenters. The van der Waals surface area contributed by atoms with E-state index < -0.39 is 0 Å². The fourth-order valence-corrected chi connectivity index (χ4v) is 3.04. The van der Waals surface area contributed by atoms with Gasteiger partial charge in [-0.1, -0.05) is 13.0 Å². The minimum Gasteiger partial charge on any atom is -0.494 e. The van der Waals surface area contributed by atoms with Crippen LogP contribution in [0.1, 0.15) is 24.3 Å². The van der Waals surface area contributed by atoms with Gasteiger partial charge in [0.2, 0.25) is 0 Å². The van der Waals surface area contributed by atoms with Gasteiger partial charge in [0, 0.05) is 5.25 Å². The molecule has 0 aromatic heterocycles. The van der Waals surface area contributed by atoms with Crippen molar-refractivity contribution in [3.63, 3.8) is 0 Å². The van der Waals surface area contributed by atoms with Gasteiger partial charge in [-0.2, -0.15) is 0 Å². The highest BCUT2D eigenvalue weighted by atomic mass is 32.2. The number of hydrogen-bond donors (Lipinski definition) is 1. The van der Waals surface area contributed by atoms with E-state index in [2.05, 4.69) is 12.2 Å². The molecule has 0 bridgehead atoms. The van der Waals surface area contributed by atoms with Crippen molar-refractivity contribution in [2.24, 2.45) is 0 Å². The van der Waals surface area contributed by atoms with E-state index >= 15 is 0 Å². The minimum atomic E-state index is -0.291. The number of methoxy groups -OCH3 is 1. The number of benzene rings is 1. The maximum atomic E-state index is 13.5. The van der Waals surface area contributed by atoms with Gasteiger partial charge in [-0.05, 0) is 30.7 Å². The molecule has 1 aliphatic rings. The van der Waals surface area contributed by atoms with Gasteiger partial charge in [-0.25, -0.2) is 4.39 Å². The Morgan fingerprint density at radius 1 is 1.50 bits per heavy atom. The Balaban J connectivity index is 2.17. The molecule has 16 heavy (non-hydrogen) atoms. The lowest BCUT2D eigenvalue weighted by Gasteiger charge is -2.28. The number of nitrogens with one attached hydrogen (secondary N) is 1. The number of hydrogen-bond acceptors (Lipinski definition) is 3. The molecule has 0 spiro atoms. The van der Waals surface area contributed by atoms with Gasteiger partial charge in [0.25, 0.3) is 0 Å². The van der Waals surface area contributed by atoms with Gasteiger partial charge in [0.15, 0.2) is 11.6 Å². The smallest absolute Gasteiger partial charge is 0.165 e. The zero-order valence-corrected chi connectivity index (χ0v) is 10.3. The molecular formula is C12H16FNOS. The van der Waals surface area contributed by atoms with Crippen LogP contribution < -0.4 is 10.1 Å². The molecule has 1 heterocycles. The molecule has 0 amide bonds. The maximum absolute atomic E-state index is 13.5. The van der Waals surface area contributed by atoms with Crippen LogP contribution in [0, 0.1) is 5.82 Å². The van der Waals surface area contributed by atoms with Crippen molar-refractivity contribution in [2.75, 3.05) is 13.7 Å². The molecule has 1 saturated heterocycles. The summed E-state index contributed by atoms with van der Waals surface area (Å²) in [6.45, 7) is 3.20. The SMILES string of the molecule is COc1ccc(C2NCCC(C)S2)cc1F. The summed E-state index contributed by atoms with van der Waals surface area (Å²) in [6.07, 6.45) is 1.17. The van der Waals surface area contributed by atoms with Crippen LogP contribution in [0.2, 0.25) is 0 Å². The summed E-state index contributed by atoms with van der Waals surface area (Å²) < 4.78 is 18.4. The van der Waals surface area contributed by atoms with Gasteiger partial charge < -0.3 is 10.1 Å². The third kappa shape index (κ3) is 2.50. The average molecular weight is 241 g/mol. The zero-order chi connectivity index (χ0) is 11.5. The van der Waals surface area contributed by atoms with Crippen molar-refractivity contribution in [3.8, 4) is 5.75 Å². The lowest BCUT2D eigenvalue weighted by Crippen LogP contribution is -2.28. The molecule has 88 valence electrons. The van der Waals surface area contributed by atoms with Crippen LogP contribution in [0.3, 0.4) is 0 Å². The van der Waals surface area contributed by atoms with Crippen LogP contribution in [0.5, 0.6) is 5.75 Å². The molecule has 1 aromatic rings. The van der Waals surface area contributed by atoms with Crippen LogP contribution in [-0.4, -0.2) is 18.9 Å². The van der Waals surface area contributed by atoms with E-state index in [0.717, 1.165) is 12.1 Å². The largest absolute Gasteiger partial charge is 0.494 e. The Morgan fingerprint density at radius 2 is 2.31 bits per heavy atom. The van der Waals surface area contributed by atoms with Gasteiger partial charge in [-0.15, -0.1) is 11.8 Å². The van der Waals surface area contributed by atoms with Gasteiger partial charge in [0.1, 0.15) is 0 Å². The second-order valence-electron chi connectivity index (χ2n) is 3.96. The lowest BCUT2D eigenvalue weighted by atomic mass is 10.2. The molecule has 1 aromatic carbocycles. The highest BCUT2D eigenvalue weighted by molar-refractivity contribution is 8.00. The standard InChI is InChI=1S/C12H16FNOS/c1-8-5-6-14-12(16-8)9-3-4-11(15-2)10(13)7-9/h3-4,7-8,12,14H,5-6H2,1-2H3. The van der Waals surface area contributed by atoms with Crippen LogP contribution in [-0.2, 0) is 0 Å². The summed E-state index contributed by atoms with van der Waals surface area (Å²) in [5.41, 5.74) is 0.981. The third-order valence-corrected chi connectivity index (χ3v) is 4.14. The van der Waals surface area contributed by atoms with Crippen molar-refractivity contribution in [1.82, 2.24) is 5.32 Å². The summed E-state index contributed by atoms with van der Waals surface area (Å²) in [6, 6.07) is 5.17. The van der Waals surface area contributed by atoms with Crippen molar-refractivity contribution in [1.29, 1.82) is 0 Å². The average Bonchev–Trinajstić information content (AvgIpc) is 2.29. The first-order chi connectivity index (χ1) is 7.70. The van der Waals surface area contributed by atoms with E-state index in [1.807, 2.05) is 17.8 Å². The van der Waals surface area contributed by atoms with E-state index in [-0.39, 0.29) is 11.2 Å².